The molecule has 1 aromatic heterocycles. The number of hydrogen-bond acceptors (Lipinski definition) is 6. The van der Waals surface area contributed by atoms with Gasteiger partial charge in [-0.25, -0.2) is 0 Å². The predicted octanol–water partition coefficient (Wildman–Crippen LogP) is 3.26. The number of ketones is 1. The van der Waals surface area contributed by atoms with Gasteiger partial charge >= 0.3 is 0 Å². The minimum atomic E-state index is -1.18. The first-order valence-corrected chi connectivity index (χ1v) is 12.3. The van der Waals surface area contributed by atoms with Crippen LogP contribution in [0.4, 0.5) is 0 Å². The highest BCUT2D eigenvalue weighted by molar-refractivity contribution is 6.38. The Morgan fingerprint density at radius 3 is 2.34 bits per heavy atom. The third-order valence-electron chi connectivity index (χ3n) is 6.56. The second-order valence-electron chi connectivity index (χ2n) is 9.19. The largest absolute Gasteiger partial charge is 0.493 e. The van der Waals surface area contributed by atoms with E-state index >= 15 is 0 Å². The summed E-state index contributed by atoms with van der Waals surface area (Å²) in [5.74, 6) is -1.98. The molecule has 0 aliphatic carbocycles. The second kappa shape index (κ2) is 10.7. The van der Waals surface area contributed by atoms with Crippen molar-refractivity contribution < 1.29 is 23.5 Å². The van der Waals surface area contributed by atoms with Gasteiger partial charge in [0.05, 0.1) is 12.0 Å². The van der Waals surface area contributed by atoms with Gasteiger partial charge in [0.15, 0.2) is 11.2 Å². The third-order valence-corrected chi connectivity index (χ3v) is 6.56. The second-order valence-corrected chi connectivity index (χ2v) is 9.19. The summed E-state index contributed by atoms with van der Waals surface area (Å²) in [6.07, 6.45) is 0.782. The van der Waals surface area contributed by atoms with Crippen LogP contribution in [-0.2, 0) is 29.0 Å². The average Bonchev–Trinajstić information content (AvgIpc) is 3.40. The molecule has 38 heavy (non-hydrogen) atoms. The quantitative estimate of drug-likeness (QED) is 0.352. The Morgan fingerprint density at radius 1 is 0.947 bits per heavy atom. The maximum Gasteiger partial charge on any atom is 0.289 e. The minimum Gasteiger partial charge on any atom is -0.493 e. The molecule has 2 amide bonds. The number of fused-ring (bicyclic) bond motifs is 2. The molecule has 0 saturated carbocycles. The van der Waals surface area contributed by atoms with Gasteiger partial charge in [-0.05, 0) is 29.7 Å². The van der Waals surface area contributed by atoms with E-state index in [-0.39, 0.29) is 35.3 Å². The van der Waals surface area contributed by atoms with E-state index in [4.69, 9.17) is 9.15 Å². The molecular weight excluding hydrogens is 484 g/mol. The third kappa shape index (κ3) is 5.20. The van der Waals surface area contributed by atoms with Gasteiger partial charge in [-0.15, -0.1) is 0 Å². The molecule has 0 radical (unpaired) electrons. The van der Waals surface area contributed by atoms with Crippen LogP contribution in [-0.4, -0.2) is 30.2 Å². The number of amides is 2. The smallest absolute Gasteiger partial charge is 0.289 e. The number of nitrogens with one attached hydrogen (secondary N) is 2. The van der Waals surface area contributed by atoms with Crippen molar-refractivity contribution in [2.45, 2.75) is 32.4 Å². The lowest BCUT2D eigenvalue weighted by molar-refractivity contribution is -0.139. The summed E-state index contributed by atoms with van der Waals surface area (Å²) in [6.45, 7) is 2.19. The maximum atomic E-state index is 13.3. The van der Waals surface area contributed by atoms with Gasteiger partial charge < -0.3 is 19.8 Å². The number of ether oxygens (including phenoxy) is 1. The molecule has 0 fully saturated rings. The fraction of sp³-hybridized carbons (Fsp3) is 0.200. The molecule has 1 aliphatic heterocycles. The fourth-order valence-electron chi connectivity index (χ4n) is 4.48. The van der Waals surface area contributed by atoms with Gasteiger partial charge in [-0.1, -0.05) is 60.7 Å². The van der Waals surface area contributed by atoms with E-state index in [1.54, 1.807) is 36.4 Å². The Morgan fingerprint density at radius 2 is 1.63 bits per heavy atom. The molecule has 0 spiro atoms. The van der Waals surface area contributed by atoms with Crippen molar-refractivity contribution in [1.29, 1.82) is 0 Å². The highest BCUT2D eigenvalue weighted by Crippen LogP contribution is 2.30. The summed E-state index contributed by atoms with van der Waals surface area (Å²) in [5.41, 5.74) is 2.51. The van der Waals surface area contributed by atoms with Crippen LogP contribution in [0, 0.1) is 6.92 Å². The SMILES string of the molecule is Cc1c(C(=O)N[C@@H](Cc2ccccc2)C(=O)C(=O)NCc2ccccc2)oc2cc3c(cc2c1=O)CCO3. The number of Topliss-reactive ketones (excluding diaryl/α,β-unsaturated/α-hetero) is 1. The van der Waals surface area contributed by atoms with Crippen molar-refractivity contribution in [2.24, 2.45) is 0 Å². The van der Waals surface area contributed by atoms with Gasteiger partial charge in [-0.2, -0.15) is 0 Å². The summed E-state index contributed by atoms with van der Waals surface area (Å²) in [5, 5.41) is 5.61. The van der Waals surface area contributed by atoms with Crippen LogP contribution in [0.3, 0.4) is 0 Å². The normalized spacial score (nSPS) is 12.9. The number of rotatable bonds is 8. The lowest BCUT2D eigenvalue weighted by atomic mass is 10.0. The lowest BCUT2D eigenvalue weighted by Gasteiger charge is -2.18. The van der Waals surface area contributed by atoms with Crippen molar-refractivity contribution in [3.63, 3.8) is 0 Å². The van der Waals surface area contributed by atoms with Crippen LogP contribution >= 0.6 is 0 Å². The number of carbonyl (C=O) groups excluding carboxylic acids is 3. The van der Waals surface area contributed by atoms with E-state index in [0.29, 0.717) is 24.2 Å². The van der Waals surface area contributed by atoms with Crippen LogP contribution in [0.2, 0.25) is 0 Å². The molecule has 0 unspecified atom stereocenters. The Labute approximate surface area is 218 Å². The summed E-state index contributed by atoms with van der Waals surface area (Å²) in [7, 11) is 0. The van der Waals surface area contributed by atoms with Crippen molar-refractivity contribution in [3.8, 4) is 5.75 Å². The molecule has 0 saturated heterocycles. The van der Waals surface area contributed by atoms with E-state index in [2.05, 4.69) is 10.6 Å². The standard InChI is InChI=1S/C30H26N2O6/c1-18-26(33)22-15-21-12-13-37-24(21)16-25(22)38-28(18)30(36)32-23(14-19-8-4-2-5-9-19)27(34)29(35)31-17-20-10-6-3-7-11-20/h2-11,15-16,23H,12-14,17H2,1H3,(H,31,35)(H,32,36)/t23-/m0/s1. The Hall–Kier alpha value is -4.72. The maximum absolute atomic E-state index is 13.3. The zero-order chi connectivity index (χ0) is 26.6. The van der Waals surface area contributed by atoms with Gasteiger partial charge in [0.1, 0.15) is 17.4 Å². The van der Waals surface area contributed by atoms with Crippen LogP contribution in [0.25, 0.3) is 11.0 Å². The highest BCUT2D eigenvalue weighted by atomic mass is 16.5. The molecule has 2 N–H and O–H groups in total. The molecular formula is C30H26N2O6. The first kappa shape index (κ1) is 25.0. The fourth-order valence-corrected chi connectivity index (χ4v) is 4.48. The van der Waals surface area contributed by atoms with E-state index in [0.717, 1.165) is 16.7 Å². The zero-order valence-electron chi connectivity index (χ0n) is 20.8. The minimum absolute atomic E-state index is 0.0857. The topological polar surface area (TPSA) is 115 Å². The number of carbonyl (C=O) groups is 3. The highest BCUT2D eigenvalue weighted by Gasteiger charge is 2.29. The van der Waals surface area contributed by atoms with Crippen LogP contribution in [0.5, 0.6) is 5.75 Å². The van der Waals surface area contributed by atoms with Gasteiger partial charge in [0.2, 0.25) is 5.78 Å². The molecule has 1 atom stereocenters. The van der Waals surface area contributed by atoms with E-state index in [1.807, 2.05) is 36.4 Å². The van der Waals surface area contributed by atoms with Crippen molar-refractivity contribution in [2.75, 3.05) is 6.61 Å². The Bertz CT molecular complexity index is 1580. The summed E-state index contributed by atoms with van der Waals surface area (Å²) in [4.78, 5) is 52.4. The summed E-state index contributed by atoms with van der Waals surface area (Å²) < 4.78 is 11.4. The molecule has 0 bridgehead atoms. The van der Waals surface area contributed by atoms with E-state index in [1.165, 1.54) is 6.92 Å². The van der Waals surface area contributed by atoms with Gasteiger partial charge in [0, 0.05) is 31.0 Å². The Balaban J connectivity index is 1.41. The van der Waals surface area contributed by atoms with Crippen LogP contribution < -0.4 is 20.8 Å². The summed E-state index contributed by atoms with van der Waals surface area (Å²) in [6, 6.07) is 20.4. The average molecular weight is 511 g/mol. The zero-order valence-corrected chi connectivity index (χ0v) is 20.8. The van der Waals surface area contributed by atoms with Crippen LogP contribution in [0.1, 0.15) is 32.8 Å². The molecule has 2 heterocycles. The molecule has 8 heteroatoms. The van der Waals surface area contributed by atoms with Crippen molar-refractivity contribution in [3.05, 3.63) is 111 Å². The van der Waals surface area contributed by atoms with Crippen molar-refractivity contribution >= 4 is 28.6 Å². The molecule has 192 valence electrons. The van der Waals surface area contributed by atoms with Gasteiger partial charge in [-0.3, -0.25) is 19.2 Å². The van der Waals surface area contributed by atoms with E-state index < -0.39 is 23.6 Å². The molecule has 8 nitrogen and oxygen atoms in total. The lowest BCUT2D eigenvalue weighted by Crippen LogP contribution is -2.48. The van der Waals surface area contributed by atoms with E-state index in [9.17, 15) is 19.2 Å². The predicted molar refractivity (Wildman–Crippen MR) is 141 cm³/mol. The molecule has 5 rings (SSSR count). The Kier molecular flexibility index (Phi) is 7.04. The number of benzene rings is 3. The first-order chi connectivity index (χ1) is 18.4. The molecule has 3 aromatic carbocycles. The summed E-state index contributed by atoms with van der Waals surface area (Å²) >= 11 is 0. The van der Waals surface area contributed by atoms with Gasteiger partial charge in [0.25, 0.3) is 11.8 Å². The molecule has 4 aromatic rings. The van der Waals surface area contributed by atoms with Crippen LogP contribution in [0.15, 0.2) is 82.0 Å². The monoisotopic (exact) mass is 510 g/mol. The first-order valence-electron chi connectivity index (χ1n) is 12.3. The molecule has 1 aliphatic rings. The van der Waals surface area contributed by atoms with Crippen molar-refractivity contribution in [1.82, 2.24) is 10.6 Å². The number of hydrogen-bond donors (Lipinski definition) is 2.